The van der Waals surface area contributed by atoms with Gasteiger partial charge in [0, 0.05) is 29.9 Å². The van der Waals surface area contributed by atoms with Gasteiger partial charge in [-0.2, -0.15) is 0 Å². The highest BCUT2D eigenvalue weighted by molar-refractivity contribution is 6.08. The highest BCUT2D eigenvalue weighted by Gasteiger charge is 2.22. The lowest BCUT2D eigenvalue weighted by Gasteiger charge is -2.17. The number of aromatic nitrogens is 1. The van der Waals surface area contributed by atoms with Crippen LogP contribution in [0.2, 0.25) is 0 Å². The van der Waals surface area contributed by atoms with Crippen molar-refractivity contribution in [3.63, 3.8) is 0 Å². The topological polar surface area (TPSA) is 74.4 Å². The van der Waals surface area contributed by atoms with Crippen molar-refractivity contribution in [2.24, 2.45) is 0 Å². The Hall–Kier alpha value is -3.28. The van der Waals surface area contributed by atoms with Crippen molar-refractivity contribution in [3.05, 3.63) is 59.3 Å². The Morgan fingerprint density at radius 2 is 2.00 bits per heavy atom. The molecule has 2 N–H and O–H groups in total. The van der Waals surface area contributed by atoms with Crippen molar-refractivity contribution in [2.45, 2.75) is 19.3 Å². The molecule has 0 spiro atoms. The maximum atomic E-state index is 13.0. The minimum absolute atomic E-state index is 0.0349. The number of hydrogen-bond acceptors (Lipinski definition) is 3. The van der Waals surface area contributed by atoms with Gasteiger partial charge in [-0.3, -0.25) is 9.59 Å². The molecule has 6 heteroatoms. The zero-order valence-corrected chi connectivity index (χ0v) is 16.0. The zero-order chi connectivity index (χ0) is 19.7. The molecule has 3 aromatic rings. The van der Waals surface area contributed by atoms with Crippen molar-refractivity contribution in [2.75, 3.05) is 26.0 Å². The Kier molecular flexibility index (Phi) is 4.77. The van der Waals surface area contributed by atoms with Gasteiger partial charge >= 0.3 is 0 Å². The summed E-state index contributed by atoms with van der Waals surface area (Å²) < 4.78 is 5.16. The summed E-state index contributed by atoms with van der Waals surface area (Å²) in [5.74, 6) is 0.227. The molecule has 1 aliphatic carbocycles. The Balaban J connectivity index is 1.49. The van der Waals surface area contributed by atoms with Gasteiger partial charge < -0.3 is 19.9 Å². The maximum Gasteiger partial charge on any atom is 0.256 e. The molecule has 0 fully saturated rings. The third-order valence-electron chi connectivity index (χ3n) is 5.19. The van der Waals surface area contributed by atoms with Gasteiger partial charge in [-0.1, -0.05) is 18.2 Å². The Morgan fingerprint density at radius 3 is 2.82 bits per heavy atom. The van der Waals surface area contributed by atoms with Gasteiger partial charge in [0.25, 0.3) is 5.91 Å². The zero-order valence-electron chi connectivity index (χ0n) is 16.0. The number of aryl methyl sites for hydroxylation is 2. The molecule has 2 amide bonds. The summed E-state index contributed by atoms with van der Waals surface area (Å²) in [4.78, 5) is 30.2. The number of para-hydroxylation sites is 1. The van der Waals surface area contributed by atoms with E-state index in [1.165, 1.54) is 16.2 Å². The maximum absolute atomic E-state index is 13.0. The largest absolute Gasteiger partial charge is 0.497 e. The fourth-order valence-corrected chi connectivity index (χ4v) is 3.84. The number of carbonyl (C=O) groups is 2. The number of nitrogens with zero attached hydrogens (tertiary/aromatic N) is 1. The molecule has 1 aliphatic rings. The van der Waals surface area contributed by atoms with E-state index in [1.54, 1.807) is 38.4 Å². The number of likely N-dealkylation sites (N-methyl/N-ethyl adjacent to an activating group) is 1. The molecule has 2 aromatic carbocycles. The first-order chi connectivity index (χ1) is 13.6. The van der Waals surface area contributed by atoms with Gasteiger partial charge in [-0.25, -0.2) is 0 Å². The smallest absolute Gasteiger partial charge is 0.256 e. The van der Waals surface area contributed by atoms with Gasteiger partial charge in [-0.15, -0.1) is 0 Å². The normalized spacial score (nSPS) is 12.6. The number of carbonyl (C=O) groups excluding carboxylic acids is 2. The Bertz CT molecular complexity index is 1050. The summed E-state index contributed by atoms with van der Waals surface area (Å²) >= 11 is 0. The number of H-pyrrole nitrogens is 1. The first-order valence-corrected chi connectivity index (χ1v) is 9.38. The summed E-state index contributed by atoms with van der Waals surface area (Å²) in [6, 6.07) is 12.9. The van der Waals surface area contributed by atoms with E-state index in [0.29, 0.717) is 17.0 Å². The predicted octanol–water partition coefficient (Wildman–Crippen LogP) is 3.38. The minimum atomic E-state index is -0.259. The summed E-state index contributed by atoms with van der Waals surface area (Å²) in [6.45, 7) is -0.0349. The molecule has 0 saturated heterocycles. The Morgan fingerprint density at radius 1 is 1.18 bits per heavy atom. The number of benzene rings is 2. The predicted molar refractivity (Wildman–Crippen MR) is 109 cm³/mol. The van der Waals surface area contributed by atoms with Crippen LogP contribution in [0.1, 0.15) is 28.0 Å². The van der Waals surface area contributed by atoms with Crippen LogP contribution in [0, 0.1) is 0 Å². The fraction of sp³-hybridized carbons (Fsp3) is 0.273. The number of anilines is 1. The SMILES string of the molecule is COc1cccc(NC(=O)CN(C)C(=O)c2cccc3c4c([nH]c23)CCC4)c1. The summed E-state index contributed by atoms with van der Waals surface area (Å²) in [5, 5.41) is 3.92. The van der Waals surface area contributed by atoms with Gasteiger partial charge in [0.2, 0.25) is 5.91 Å². The summed E-state index contributed by atoms with van der Waals surface area (Å²) in [7, 11) is 3.22. The van der Waals surface area contributed by atoms with E-state index in [4.69, 9.17) is 4.74 Å². The van der Waals surface area contributed by atoms with Gasteiger partial charge in [0.1, 0.15) is 5.75 Å². The molecule has 1 aromatic heterocycles. The molecule has 0 radical (unpaired) electrons. The number of hydrogen-bond donors (Lipinski definition) is 2. The Labute approximate surface area is 163 Å². The number of methoxy groups -OCH3 is 1. The number of amides is 2. The number of rotatable bonds is 5. The number of aromatic amines is 1. The highest BCUT2D eigenvalue weighted by Crippen LogP contribution is 2.31. The molecule has 144 valence electrons. The monoisotopic (exact) mass is 377 g/mol. The molecule has 0 atom stereocenters. The van der Waals surface area contributed by atoms with Crippen LogP contribution >= 0.6 is 0 Å². The van der Waals surface area contributed by atoms with Gasteiger partial charge in [0.05, 0.1) is 24.7 Å². The van der Waals surface area contributed by atoms with Crippen LogP contribution in [0.3, 0.4) is 0 Å². The van der Waals surface area contributed by atoms with Crippen LogP contribution in [0.25, 0.3) is 10.9 Å². The van der Waals surface area contributed by atoms with E-state index in [0.717, 1.165) is 30.2 Å². The second-order valence-electron chi connectivity index (χ2n) is 7.11. The molecule has 0 unspecified atom stereocenters. The lowest BCUT2D eigenvalue weighted by atomic mass is 10.1. The first-order valence-electron chi connectivity index (χ1n) is 9.38. The van der Waals surface area contributed by atoms with E-state index in [1.807, 2.05) is 12.1 Å². The van der Waals surface area contributed by atoms with Crippen molar-refractivity contribution in [3.8, 4) is 5.75 Å². The minimum Gasteiger partial charge on any atom is -0.497 e. The summed E-state index contributed by atoms with van der Waals surface area (Å²) in [6.07, 6.45) is 3.22. The fourth-order valence-electron chi connectivity index (χ4n) is 3.84. The van der Waals surface area contributed by atoms with Crippen LogP contribution in [0.5, 0.6) is 5.75 Å². The molecular formula is C22H23N3O3. The van der Waals surface area contributed by atoms with Crippen LogP contribution in [-0.2, 0) is 17.6 Å². The molecule has 4 rings (SSSR count). The molecule has 1 heterocycles. The third-order valence-corrected chi connectivity index (χ3v) is 5.19. The number of fused-ring (bicyclic) bond motifs is 3. The first kappa shape index (κ1) is 18.1. The van der Waals surface area contributed by atoms with Gasteiger partial charge in [-0.05, 0) is 43.0 Å². The molecule has 0 aliphatic heterocycles. The molecule has 0 saturated carbocycles. The van der Waals surface area contributed by atoms with E-state index in [2.05, 4.69) is 16.4 Å². The number of ether oxygens (including phenoxy) is 1. The second kappa shape index (κ2) is 7.38. The van der Waals surface area contributed by atoms with E-state index < -0.39 is 0 Å². The molecular weight excluding hydrogens is 354 g/mol. The number of nitrogens with one attached hydrogen (secondary N) is 2. The van der Waals surface area contributed by atoms with Crippen LogP contribution in [0.4, 0.5) is 5.69 Å². The third kappa shape index (κ3) is 3.33. The van der Waals surface area contributed by atoms with E-state index >= 15 is 0 Å². The quantitative estimate of drug-likeness (QED) is 0.716. The average molecular weight is 377 g/mol. The molecule has 6 nitrogen and oxygen atoms in total. The summed E-state index contributed by atoms with van der Waals surface area (Å²) in [5.41, 5.74) is 4.66. The van der Waals surface area contributed by atoms with Crippen molar-refractivity contribution in [1.82, 2.24) is 9.88 Å². The van der Waals surface area contributed by atoms with Crippen LogP contribution in [-0.4, -0.2) is 42.4 Å². The standard InChI is InChI=1S/C22H23N3O3/c1-25(13-20(26)23-14-6-3-7-15(12-14)28-2)22(27)18-10-4-9-17-16-8-5-11-19(16)24-21(17)18/h3-4,6-7,9-10,12,24H,5,8,11,13H2,1-2H3,(H,23,26). The lowest BCUT2D eigenvalue weighted by Crippen LogP contribution is -2.35. The van der Waals surface area contributed by atoms with Crippen molar-refractivity contribution in [1.29, 1.82) is 0 Å². The second-order valence-corrected chi connectivity index (χ2v) is 7.11. The lowest BCUT2D eigenvalue weighted by molar-refractivity contribution is -0.116. The van der Waals surface area contributed by atoms with Crippen LogP contribution < -0.4 is 10.1 Å². The highest BCUT2D eigenvalue weighted by atomic mass is 16.5. The molecule has 0 bridgehead atoms. The van der Waals surface area contributed by atoms with Crippen molar-refractivity contribution < 1.29 is 14.3 Å². The van der Waals surface area contributed by atoms with E-state index in [-0.39, 0.29) is 18.4 Å². The van der Waals surface area contributed by atoms with E-state index in [9.17, 15) is 9.59 Å². The average Bonchev–Trinajstić information content (AvgIpc) is 3.28. The van der Waals surface area contributed by atoms with Crippen LogP contribution in [0.15, 0.2) is 42.5 Å². The molecule has 28 heavy (non-hydrogen) atoms. The van der Waals surface area contributed by atoms with Gasteiger partial charge in [0.15, 0.2) is 0 Å². The van der Waals surface area contributed by atoms with Crippen molar-refractivity contribution >= 4 is 28.4 Å².